The van der Waals surface area contributed by atoms with Crippen molar-refractivity contribution < 1.29 is 8.42 Å². The van der Waals surface area contributed by atoms with Crippen molar-refractivity contribution in [1.29, 1.82) is 0 Å². The van der Waals surface area contributed by atoms with Gasteiger partial charge in [0.2, 0.25) is 0 Å². The molecule has 6 heteroatoms. The van der Waals surface area contributed by atoms with Gasteiger partial charge in [0.25, 0.3) is 0 Å². The SMILES string of the molecule is CN(Cc1ccc(Cl)cc1)C1(CN)CCCC1S(C)(=O)=O. The number of sulfone groups is 1. The van der Waals surface area contributed by atoms with Crippen molar-refractivity contribution >= 4 is 21.4 Å². The lowest BCUT2D eigenvalue weighted by Crippen LogP contribution is -2.58. The van der Waals surface area contributed by atoms with Crippen LogP contribution in [0.2, 0.25) is 5.02 Å². The quantitative estimate of drug-likeness (QED) is 0.897. The maximum absolute atomic E-state index is 12.1. The third-order valence-electron chi connectivity index (χ3n) is 4.64. The molecule has 1 saturated carbocycles. The van der Waals surface area contributed by atoms with E-state index in [0.29, 0.717) is 24.5 Å². The predicted molar refractivity (Wildman–Crippen MR) is 87.2 cm³/mol. The highest BCUT2D eigenvalue weighted by Crippen LogP contribution is 2.39. The molecule has 0 aromatic heterocycles. The van der Waals surface area contributed by atoms with Crippen LogP contribution in [0.15, 0.2) is 24.3 Å². The Morgan fingerprint density at radius 1 is 1.38 bits per heavy atom. The van der Waals surface area contributed by atoms with Crippen LogP contribution >= 0.6 is 11.6 Å². The monoisotopic (exact) mass is 330 g/mol. The lowest BCUT2D eigenvalue weighted by molar-refractivity contribution is 0.126. The van der Waals surface area contributed by atoms with Gasteiger partial charge in [0.1, 0.15) is 0 Å². The Hall–Kier alpha value is -0.620. The summed E-state index contributed by atoms with van der Waals surface area (Å²) in [5.41, 5.74) is 6.65. The van der Waals surface area contributed by atoms with Crippen molar-refractivity contribution in [1.82, 2.24) is 4.90 Å². The van der Waals surface area contributed by atoms with Gasteiger partial charge in [0.15, 0.2) is 9.84 Å². The summed E-state index contributed by atoms with van der Waals surface area (Å²) < 4.78 is 24.2. The predicted octanol–water partition coefficient (Wildman–Crippen LogP) is 2.07. The molecule has 1 aromatic rings. The van der Waals surface area contributed by atoms with E-state index >= 15 is 0 Å². The van der Waals surface area contributed by atoms with Gasteiger partial charge < -0.3 is 5.73 Å². The molecule has 2 atom stereocenters. The fourth-order valence-electron chi connectivity index (χ4n) is 3.48. The molecule has 1 aliphatic carbocycles. The summed E-state index contributed by atoms with van der Waals surface area (Å²) in [5, 5.41) is 0.317. The Bertz CT molecular complexity index is 588. The van der Waals surface area contributed by atoms with E-state index in [4.69, 9.17) is 17.3 Å². The first-order chi connectivity index (χ1) is 9.79. The number of halogens is 1. The average molecular weight is 331 g/mol. The molecular formula is C15H23ClN2O2S. The first-order valence-corrected chi connectivity index (χ1v) is 9.47. The van der Waals surface area contributed by atoms with Gasteiger partial charge in [0.05, 0.1) is 5.25 Å². The minimum Gasteiger partial charge on any atom is -0.329 e. The van der Waals surface area contributed by atoms with Gasteiger partial charge in [-0.25, -0.2) is 8.42 Å². The molecule has 2 unspecified atom stereocenters. The molecule has 4 nitrogen and oxygen atoms in total. The molecule has 0 amide bonds. The van der Waals surface area contributed by atoms with Gasteiger partial charge >= 0.3 is 0 Å². The van der Waals surface area contributed by atoms with Crippen LogP contribution in [0.25, 0.3) is 0 Å². The zero-order valence-corrected chi connectivity index (χ0v) is 14.1. The third kappa shape index (κ3) is 3.42. The molecule has 0 saturated heterocycles. The molecule has 2 N–H and O–H groups in total. The Balaban J connectivity index is 2.25. The van der Waals surface area contributed by atoms with E-state index in [1.807, 2.05) is 31.3 Å². The van der Waals surface area contributed by atoms with Crippen LogP contribution in [0.3, 0.4) is 0 Å². The van der Waals surface area contributed by atoms with Gasteiger partial charge in [-0.05, 0) is 37.6 Å². The second-order valence-corrected chi connectivity index (χ2v) is 8.67. The molecule has 0 radical (unpaired) electrons. The summed E-state index contributed by atoms with van der Waals surface area (Å²) in [4.78, 5) is 2.11. The number of hydrogen-bond donors (Lipinski definition) is 1. The molecular weight excluding hydrogens is 308 g/mol. The fourth-order valence-corrected chi connectivity index (χ4v) is 5.39. The number of likely N-dealkylation sites (N-methyl/N-ethyl adjacent to an activating group) is 1. The summed E-state index contributed by atoms with van der Waals surface area (Å²) in [7, 11) is -1.15. The molecule has 0 spiro atoms. The van der Waals surface area contributed by atoms with Gasteiger partial charge in [0, 0.05) is 29.9 Å². The van der Waals surface area contributed by atoms with Gasteiger partial charge in [-0.3, -0.25) is 4.90 Å². The van der Waals surface area contributed by atoms with Gasteiger partial charge in [-0.1, -0.05) is 30.2 Å². The summed E-state index contributed by atoms with van der Waals surface area (Å²) in [6.07, 6.45) is 3.75. The maximum Gasteiger partial charge on any atom is 0.152 e. The van der Waals surface area contributed by atoms with E-state index in [-0.39, 0.29) is 5.25 Å². The van der Waals surface area contributed by atoms with Crippen molar-refractivity contribution in [3.63, 3.8) is 0 Å². The van der Waals surface area contributed by atoms with Crippen LogP contribution in [0, 0.1) is 0 Å². The van der Waals surface area contributed by atoms with E-state index in [1.165, 1.54) is 6.26 Å². The normalized spacial score (nSPS) is 26.4. The van der Waals surface area contributed by atoms with Crippen LogP contribution in [-0.2, 0) is 16.4 Å². The van der Waals surface area contributed by atoms with Crippen LogP contribution < -0.4 is 5.73 Å². The molecule has 21 heavy (non-hydrogen) atoms. The van der Waals surface area contributed by atoms with E-state index < -0.39 is 15.4 Å². The highest BCUT2D eigenvalue weighted by atomic mass is 35.5. The van der Waals surface area contributed by atoms with E-state index in [1.54, 1.807) is 0 Å². The summed E-state index contributed by atoms with van der Waals surface area (Å²) in [6.45, 7) is 1.02. The Morgan fingerprint density at radius 3 is 2.52 bits per heavy atom. The number of hydrogen-bond acceptors (Lipinski definition) is 4. The Morgan fingerprint density at radius 2 is 2.00 bits per heavy atom. The highest BCUT2D eigenvalue weighted by molar-refractivity contribution is 7.91. The van der Waals surface area contributed by atoms with Crippen molar-refractivity contribution in [2.75, 3.05) is 19.8 Å². The lowest BCUT2D eigenvalue weighted by atomic mass is 9.94. The fraction of sp³-hybridized carbons (Fsp3) is 0.600. The lowest BCUT2D eigenvalue weighted by Gasteiger charge is -2.42. The standard InChI is InChI=1S/C15H23ClN2O2S/c1-18(10-12-5-7-13(16)8-6-12)15(11-17)9-3-4-14(15)21(2,19)20/h5-8,14H,3-4,9-11,17H2,1-2H3. The average Bonchev–Trinajstić information content (AvgIpc) is 2.86. The molecule has 1 fully saturated rings. The smallest absolute Gasteiger partial charge is 0.152 e. The second-order valence-electron chi connectivity index (χ2n) is 6.00. The first-order valence-electron chi connectivity index (χ1n) is 7.14. The first kappa shape index (κ1) is 16.7. The largest absolute Gasteiger partial charge is 0.329 e. The molecule has 2 rings (SSSR count). The number of rotatable bonds is 5. The van der Waals surface area contributed by atoms with Gasteiger partial charge in [-0.15, -0.1) is 0 Å². The van der Waals surface area contributed by atoms with E-state index in [0.717, 1.165) is 18.4 Å². The minimum absolute atomic E-state index is 0.356. The summed E-state index contributed by atoms with van der Waals surface area (Å²) in [6, 6.07) is 7.63. The number of nitrogens with two attached hydrogens (primary N) is 1. The Labute approximate surface area is 132 Å². The number of nitrogens with zero attached hydrogens (tertiary/aromatic N) is 1. The molecule has 1 aromatic carbocycles. The van der Waals surface area contributed by atoms with E-state index in [9.17, 15) is 8.42 Å². The van der Waals surface area contributed by atoms with Crippen molar-refractivity contribution in [3.05, 3.63) is 34.9 Å². The molecule has 1 aliphatic rings. The van der Waals surface area contributed by atoms with Crippen LogP contribution in [0.1, 0.15) is 24.8 Å². The topological polar surface area (TPSA) is 63.4 Å². The zero-order valence-electron chi connectivity index (χ0n) is 12.5. The molecule has 0 bridgehead atoms. The molecule has 118 valence electrons. The summed E-state index contributed by atoms with van der Waals surface area (Å²) in [5.74, 6) is 0. The maximum atomic E-state index is 12.1. The third-order valence-corrected chi connectivity index (χ3v) is 6.60. The summed E-state index contributed by atoms with van der Waals surface area (Å²) >= 11 is 5.90. The molecule has 0 aliphatic heterocycles. The van der Waals surface area contributed by atoms with Crippen molar-refractivity contribution in [3.8, 4) is 0 Å². The van der Waals surface area contributed by atoms with Crippen LogP contribution in [0.4, 0.5) is 0 Å². The van der Waals surface area contributed by atoms with E-state index in [2.05, 4.69) is 4.90 Å². The second kappa shape index (κ2) is 6.24. The van der Waals surface area contributed by atoms with Crippen LogP contribution in [-0.4, -0.2) is 44.0 Å². The Kier molecular flexibility index (Phi) is 4.98. The van der Waals surface area contributed by atoms with Crippen molar-refractivity contribution in [2.24, 2.45) is 5.73 Å². The van der Waals surface area contributed by atoms with Gasteiger partial charge in [-0.2, -0.15) is 0 Å². The van der Waals surface area contributed by atoms with Crippen molar-refractivity contribution in [2.45, 2.75) is 36.6 Å². The molecule has 0 heterocycles. The van der Waals surface area contributed by atoms with Crippen LogP contribution in [0.5, 0.6) is 0 Å². The highest BCUT2D eigenvalue weighted by Gasteiger charge is 2.49. The zero-order chi connectivity index (χ0) is 15.7. The number of benzene rings is 1. The minimum atomic E-state index is -3.11.